The maximum absolute atomic E-state index is 10.8. The largest absolute Gasteiger partial charge is 0.510 e. The van der Waals surface area contributed by atoms with E-state index >= 15 is 0 Å². The molecule has 1 atom stereocenters. The summed E-state index contributed by atoms with van der Waals surface area (Å²) >= 11 is 1.26. The third-order valence-electron chi connectivity index (χ3n) is 4.68. The van der Waals surface area contributed by atoms with E-state index in [1.165, 1.54) is 11.8 Å². The highest BCUT2D eigenvalue weighted by atomic mass is 32.2. The summed E-state index contributed by atoms with van der Waals surface area (Å²) in [6.07, 6.45) is 0. The third-order valence-corrected chi connectivity index (χ3v) is 5.72. The molecule has 0 bridgehead atoms. The number of nitrogens with zero attached hydrogens (tertiary/aromatic N) is 6. The molecular formula is C21H19N7OS. The van der Waals surface area contributed by atoms with Crippen LogP contribution in [0.25, 0.3) is 22.3 Å². The van der Waals surface area contributed by atoms with Crippen molar-refractivity contribution >= 4 is 28.4 Å². The molecule has 0 spiro atoms. The summed E-state index contributed by atoms with van der Waals surface area (Å²) in [4.78, 5) is 7.50. The van der Waals surface area contributed by atoms with Gasteiger partial charge in [0.1, 0.15) is 17.4 Å². The molecule has 30 heavy (non-hydrogen) atoms. The number of aliphatic hydroxyl groups excluding tert-OH is 1. The van der Waals surface area contributed by atoms with E-state index in [-0.39, 0.29) is 11.3 Å². The minimum absolute atomic E-state index is 0.0864. The first kappa shape index (κ1) is 19.7. The molecule has 0 aliphatic carbocycles. The number of nitriles is 1. The van der Waals surface area contributed by atoms with Crippen molar-refractivity contribution < 1.29 is 5.11 Å². The highest BCUT2D eigenvalue weighted by Crippen LogP contribution is 2.30. The minimum atomic E-state index is -0.469. The first-order valence-corrected chi connectivity index (χ1v) is 10.2. The van der Waals surface area contributed by atoms with Gasteiger partial charge in [-0.05, 0) is 55.0 Å². The van der Waals surface area contributed by atoms with Crippen LogP contribution in [0.5, 0.6) is 0 Å². The molecule has 8 nitrogen and oxygen atoms in total. The van der Waals surface area contributed by atoms with Gasteiger partial charge in [-0.25, -0.2) is 4.98 Å². The smallest absolute Gasteiger partial charge is 0.214 e. The Hall–Kier alpha value is -3.64. The van der Waals surface area contributed by atoms with Crippen molar-refractivity contribution in [3.05, 3.63) is 65.2 Å². The fourth-order valence-electron chi connectivity index (χ4n) is 3.17. The molecule has 4 aromatic rings. The number of H-pyrrole nitrogens is 1. The number of thioether (sulfide) groups is 1. The highest BCUT2D eigenvalue weighted by Gasteiger charge is 2.22. The van der Waals surface area contributed by atoms with E-state index in [2.05, 4.69) is 37.6 Å². The van der Waals surface area contributed by atoms with E-state index in [0.717, 1.165) is 27.8 Å². The Morgan fingerprint density at radius 2 is 2.03 bits per heavy atom. The zero-order valence-electron chi connectivity index (χ0n) is 16.7. The number of nitrogens with one attached hydrogen (secondary N) is 1. The lowest BCUT2D eigenvalue weighted by atomic mass is 10.1. The molecule has 2 aromatic carbocycles. The number of aromatic nitrogens is 6. The van der Waals surface area contributed by atoms with Gasteiger partial charge in [-0.15, -0.1) is 5.10 Å². The van der Waals surface area contributed by atoms with Gasteiger partial charge in [0.2, 0.25) is 5.16 Å². The maximum atomic E-state index is 10.8. The van der Waals surface area contributed by atoms with Crippen LogP contribution in [-0.2, 0) is 0 Å². The highest BCUT2D eigenvalue weighted by molar-refractivity contribution is 7.99. The Morgan fingerprint density at radius 1 is 1.23 bits per heavy atom. The van der Waals surface area contributed by atoms with Gasteiger partial charge in [-0.2, -0.15) is 9.94 Å². The lowest BCUT2D eigenvalue weighted by Crippen LogP contribution is -2.08. The predicted octanol–water partition coefficient (Wildman–Crippen LogP) is 4.13. The van der Waals surface area contributed by atoms with E-state index in [1.807, 2.05) is 50.2 Å². The number of tetrazole rings is 1. The topological polar surface area (TPSA) is 116 Å². The van der Waals surface area contributed by atoms with E-state index in [1.54, 1.807) is 11.6 Å². The Bertz CT molecular complexity index is 1270. The van der Waals surface area contributed by atoms with Crippen LogP contribution in [0.3, 0.4) is 0 Å². The van der Waals surface area contributed by atoms with Crippen molar-refractivity contribution in [2.75, 3.05) is 0 Å². The predicted molar refractivity (Wildman–Crippen MR) is 115 cm³/mol. The summed E-state index contributed by atoms with van der Waals surface area (Å²) in [6.45, 7) is 5.81. The molecule has 0 aliphatic heterocycles. The van der Waals surface area contributed by atoms with Crippen LogP contribution in [0.2, 0.25) is 0 Å². The van der Waals surface area contributed by atoms with Crippen LogP contribution in [-0.4, -0.2) is 40.5 Å². The van der Waals surface area contributed by atoms with Gasteiger partial charge >= 0.3 is 0 Å². The van der Waals surface area contributed by atoms with Gasteiger partial charge in [0.05, 0.1) is 22.0 Å². The normalized spacial score (nSPS) is 13.1. The van der Waals surface area contributed by atoms with E-state index in [4.69, 9.17) is 0 Å². The Morgan fingerprint density at radius 3 is 2.77 bits per heavy atom. The van der Waals surface area contributed by atoms with Crippen LogP contribution >= 0.6 is 11.8 Å². The lowest BCUT2D eigenvalue weighted by molar-refractivity contribution is 0.401. The Kier molecular flexibility index (Phi) is 5.25. The number of benzene rings is 2. The van der Waals surface area contributed by atoms with Crippen molar-refractivity contribution in [3.63, 3.8) is 0 Å². The first-order chi connectivity index (χ1) is 14.5. The second-order valence-corrected chi connectivity index (χ2v) is 8.21. The summed E-state index contributed by atoms with van der Waals surface area (Å²) in [5.74, 6) is 0.245. The first-order valence-electron chi connectivity index (χ1n) is 9.29. The van der Waals surface area contributed by atoms with E-state index < -0.39 is 5.25 Å². The fraction of sp³-hybridized carbons (Fsp3) is 0.190. The Labute approximate surface area is 177 Å². The second kappa shape index (κ2) is 8.00. The molecule has 2 heterocycles. The molecule has 150 valence electrons. The second-order valence-electron chi connectivity index (χ2n) is 6.90. The number of hydrogen-bond donors (Lipinski definition) is 2. The molecule has 2 N–H and O–H groups in total. The number of aliphatic hydroxyl groups is 1. The van der Waals surface area contributed by atoms with Gasteiger partial charge in [-0.1, -0.05) is 41.6 Å². The van der Waals surface area contributed by atoms with Gasteiger partial charge < -0.3 is 10.1 Å². The van der Waals surface area contributed by atoms with Crippen LogP contribution < -0.4 is 0 Å². The van der Waals surface area contributed by atoms with Crippen molar-refractivity contribution in [1.82, 2.24) is 30.2 Å². The van der Waals surface area contributed by atoms with E-state index in [9.17, 15) is 10.4 Å². The fourth-order valence-corrected chi connectivity index (χ4v) is 4.03. The van der Waals surface area contributed by atoms with Gasteiger partial charge in [0.15, 0.2) is 5.82 Å². The standard InChI is InChI=1S/C21H19N7OS/c1-12-8-9-18(13(2)10-12)28-21(25-26-27-28)30-14(3)19(29)15(11-22)20-23-16-6-4-5-7-17(16)24-20/h4-10,14,29H,1-3H3,(H,23,24)/b19-15-. The third kappa shape index (κ3) is 3.65. The van der Waals surface area contributed by atoms with Crippen LogP contribution in [0, 0.1) is 25.2 Å². The number of aryl methyl sites for hydroxylation is 2. The summed E-state index contributed by atoms with van der Waals surface area (Å²) in [6, 6.07) is 15.5. The van der Waals surface area contributed by atoms with Gasteiger partial charge in [0.25, 0.3) is 0 Å². The zero-order valence-corrected chi connectivity index (χ0v) is 17.5. The summed E-state index contributed by atoms with van der Waals surface area (Å²) < 4.78 is 1.64. The molecule has 9 heteroatoms. The molecule has 0 radical (unpaired) electrons. The molecule has 2 aromatic heterocycles. The lowest BCUT2D eigenvalue weighted by Gasteiger charge is -2.12. The number of rotatable bonds is 5. The van der Waals surface area contributed by atoms with Gasteiger partial charge in [0, 0.05) is 0 Å². The summed E-state index contributed by atoms with van der Waals surface area (Å²) in [7, 11) is 0. The minimum Gasteiger partial charge on any atom is -0.510 e. The number of para-hydroxylation sites is 2. The van der Waals surface area contributed by atoms with Gasteiger partial charge in [-0.3, -0.25) is 0 Å². The monoisotopic (exact) mass is 417 g/mol. The molecule has 0 saturated heterocycles. The van der Waals surface area contributed by atoms with Crippen molar-refractivity contribution in [3.8, 4) is 11.8 Å². The molecule has 0 aliphatic rings. The average molecular weight is 417 g/mol. The van der Waals surface area contributed by atoms with Crippen LogP contribution in [0.4, 0.5) is 0 Å². The maximum Gasteiger partial charge on any atom is 0.214 e. The number of fused-ring (bicyclic) bond motifs is 1. The van der Waals surface area contributed by atoms with Crippen molar-refractivity contribution in [2.45, 2.75) is 31.2 Å². The summed E-state index contributed by atoms with van der Waals surface area (Å²) in [5, 5.41) is 32.5. The molecular weight excluding hydrogens is 398 g/mol. The SMILES string of the molecule is Cc1ccc(-n2nnnc2SC(C)/C(O)=C(\C#N)c2nc3ccccc3[nH]2)c(C)c1. The van der Waals surface area contributed by atoms with Crippen LogP contribution in [0.15, 0.2) is 53.4 Å². The molecule has 0 saturated carbocycles. The van der Waals surface area contributed by atoms with Crippen molar-refractivity contribution in [1.29, 1.82) is 5.26 Å². The number of aromatic amines is 1. The quantitative estimate of drug-likeness (QED) is 0.285. The number of imidazole rings is 1. The van der Waals surface area contributed by atoms with Crippen LogP contribution in [0.1, 0.15) is 23.9 Å². The number of allylic oxidation sites excluding steroid dienone is 1. The molecule has 4 rings (SSSR count). The average Bonchev–Trinajstić information content (AvgIpc) is 3.35. The number of hydrogen-bond acceptors (Lipinski definition) is 7. The molecule has 1 unspecified atom stereocenters. The molecule has 0 amide bonds. The zero-order chi connectivity index (χ0) is 21.3. The molecule has 0 fully saturated rings. The summed E-state index contributed by atoms with van der Waals surface area (Å²) in [5.41, 5.74) is 4.67. The van der Waals surface area contributed by atoms with E-state index in [0.29, 0.717) is 11.0 Å². The van der Waals surface area contributed by atoms with Crippen molar-refractivity contribution in [2.24, 2.45) is 0 Å². The Balaban J connectivity index is 1.66.